The number of fused-ring (bicyclic) bond motifs is 2. The Bertz CT molecular complexity index is 2110. The van der Waals surface area contributed by atoms with Crippen LogP contribution in [0.25, 0.3) is 11.1 Å². The van der Waals surface area contributed by atoms with Crippen molar-refractivity contribution in [1.29, 1.82) is 0 Å². The lowest BCUT2D eigenvalue weighted by Gasteiger charge is -2.04. The van der Waals surface area contributed by atoms with Crippen LogP contribution in [-0.4, -0.2) is 45.4 Å². The molecule has 0 spiro atoms. The summed E-state index contributed by atoms with van der Waals surface area (Å²) in [5.41, 5.74) is 4.93. The molecule has 2 heterocycles. The molecule has 1 atom stereocenters. The summed E-state index contributed by atoms with van der Waals surface area (Å²) in [7, 11) is 1.58. The van der Waals surface area contributed by atoms with E-state index in [-0.39, 0.29) is 11.5 Å². The third-order valence-corrected chi connectivity index (χ3v) is 7.63. The number of hydrogen-bond donors (Lipinski definition) is 4. The zero-order valence-electron chi connectivity index (χ0n) is 26.7. The van der Waals surface area contributed by atoms with Crippen LogP contribution in [0, 0.1) is 13.8 Å². The number of benzene rings is 5. The fraction of sp³-hybridized carbons (Fsp3) is 0.103. The fourth-order valence-electron chi connectivity index (χ4n) is 5.01. The molecule has 5 aromatic rings. The molecule has 1 unspecified atom stereocenters. The van der Waals surface area contributed by atoms with Gasteiger partial charge in [0.15, 0.2) is 6.10 Å². The number of carboxylic acids is 1. The second-order valence-electron chi connectivity index (χ2n) is 11.1. The van der Waals surface area contributed by atoms with Crippen molar-refractivity contribution in [3.05, 3.63) is 147 Å². The molecule has 7 rings (SSSR count). The van der Waals surface area contributed by atoms with Crippen molar-refractivity contribution in [2.24, 2.45) is 0 Å². The average Bonchev–Trinajstić information content (AvgIpc) is 3.59. The molecule has 2 aliphatic rings. The van der Waals surface area contributed by atoms with Crippen molar-refractivity contribution in [3.63, 3.8) is 0 Å². The van der Waals surface area contributed by atoms with E-state index in [1.165, 1.54) is 24.3 Å². The van der Waals surface area contributed by atoms with Gasteiger partial charge in [-0.1, -0.05) is 71.8 Å². The van der Waals surface area contributed by atoms with Crippen molar-refractivity contribution >= 4 is 29.1 Å². The van der Waals surface area contributed by atoms with E-state index in [2.05, 4.69) is 0 Å². The van der Waals surface area contributed by atoms with Gasteiger partial charge >= 0.3 is 17.9 Å². The van der Waals surface area contributed by atoms with Gasteiger partial charge in [-0.05, 0) is 79.1 Å². The number of hydrogen-bond acceptors (Lipinski definition) is 9. The maximum Gasteiger partial charge on any atom is 0.344 e. The van der Waals surface area contributed by atoms with Crippen LogP contribution in [0.2, 0.25) is 0 Å². The number of methoxy groups -OCH3 is 1. The van der Waals surface area contributed by atoms with E-state index in [4.69, 9.17) is 34.6 Å². The van der Waals surface area contributed by atoms with E-state index in [1.807, 2.05) is 38.1 Å². The fourth-order valence-corrected chi connectivity index (χ4v) is 5.01. The van der Waals surface area contributed by atoms with Crippen LogP contribution in [0.15, 0.2) is 109 Å². The minimum absolute atomic E-state index is 0.169. The molecule has 0 fully saturated rings. The first-order chi connectivity index (χ1) is 23.4. The second-order valence-corrected chi connectivity index (χ2v) is 11.1. The minimum atomic E-state index is -1.41. The molecule has 0 radical (unpaired) electrons. The van der Waals surface area contributed by atoms with Crippen LogP contribution in [0.4, 0.5) is 0 Å². The predicted molar refractivity (Wildman–Crippen MR) is 180 cm³/mol. The van der Waals surface area contributed by atoms with E-state index >= 15 is 0 Å². The number of phenols is 2. The van der Waals surface area contributed by atoms with Crippen molar-refractivity contribution in [3.8, 4) is 28.7 Å². The van der Waals surface area contributed by atoms with Crippen LogP contribution >= 0.6 is 0 Å². The molecular formula is C39H32O10. The van der Waals surface area contributed by atoms with Gasteiger partial charge in [-0.2, -0.15) is 0 Å². The maximum absolute atomic E-state index is 12.6. The normalized spacial score (nSPS) is 13.1. The first-order valence-corrected chi connectivity index (χ1v) is 15.0. The highest BCUT2D eigenvalue weighted by molar-refractivity contribution is 6.21. The number of aromatic hydroxyl groups is 2. The Balaban J connectivity index is 0.000000192. The highest BCUT2D eigenvalue weighted by Gasteiger charge is 2.30. The summed E-state index contributed by atoms with van der Waals surface area (Å²) in [6.45, 7) is 3.88. The Kier molecular flexibility index (Phi) is 10.1. The smallest absolute Gasteiger partial charge is 0.344 e. The van der Waals surface area contributed by atoms with Crippen LogP contribution in [-0.2, 0) is 14.4 Å². The first kappa shape index (κ1) is 34.0. The zero-order valence-corrected chi connectivity index (χ0v) is 26.7. The quantitative estimate of drug-likeness (QED) is 0.121. The van der Waals surface area contributed by atoms with Crippen molar-refractivity contribution in [2.45, 2.75) is 20.0 Å². The minimum Gasteiger partial charge on any atom is -0.508 e. The van der Waals surface area contributed by atoms with E-state index in [0.717, 1.165) is 16.7 Å². The van der Waals surface area contributed by atoms with E-state index in [1.54, 1.807) is 67.8 Å². The van der Waals surface area contributed by atoms with Gasteiger partial charge in [0.05, 0.1) is 18.3 Å². The number of aliphatic hydroxyl groups is 1. The molecule has 0 aromatic heterocycles. The Hall–Kier alpha value is -6.39. The molecular weight excluding hydrogens is 628 g/mol. The average molecular weight is 661 g/mol. The highest BCUT2D eigenvalue weighted by Crippen LogP contribution is 2.28. The molecule has 0 bridgehead atoms. The lowest BCUT2D eigenvalue weighted by molar-refractivity contribution is -0.147. The first-order valence-electron chi connectivity index (χ1n) is 15.0. The number of rotatable bonds is 5. The summed E-state index contributed by atoms with van der Waals surface area (Å²) in [5, 5.41) is 36.1. The number of aliphatic carboxylic acids is 1. The van der Waals surface area contributed by atoms with Crippen LogP contribution < -0.4 is 24.6 Å². The Morgan fingerprint density at radius 2 is 1.02 bits per heavy atom. The van der Waals surface area contributed by atoms with Gasteiger partial charge in [0.2, 0.25) is 0 Å². The number of esters is 2. The summed E-state index contributed by atoms with van der Waals surface area (Å²) >= 11 is 0. The van der Waals surface area contributed by atoms with Crippen LogP contribution in [0.3, 0.4) is 0 Å². The monoisotopic (exact) mass is 660 g/mol. The molecule has 0 amide bonds. The third-order valence-electron chi connectivity index (χ3n) is 7.63. The van der Waals surface area contributed by atoms with Crippen LogP contribution in [0.5, 0.6) is 28.7 Å². The van der Waals surface area contributed by atoms with Gasteiger partial charge in [-0.25, -0.2) is 14.4 Å². The summed E-state index contributed by atoms with van der Waals surface area (Å²) in [4.78, 5) is 35.4. The Morgan fingerprint density at radius 1 is 0.633 bits per heavy atom. The zero-order chi connectivity index (χ0) is 35.2. The van der Waals surface area contributed by atoms with Crippen molar-refractivity contribution in [2.75, 3.05) is 7.11 Å². The molecule has 0 saturated carbocycles. The molecule has 0 aliphatic carbocycles. The number of carboxylic acid groups (broad SMARTS) is 1. The summed E-state index contributed by atoms with van der Waals surface area (Å²) in [6.07, 6.45) is -1.41. The largest absolute Gasteiger partial charge is 0.508 e. The lowest BCUT2D eigenvalue weighted by atomic mass is 10.0. The molecule has 248 valence electrons. The summed E-state index contributed by atoms with van der Waals surface area (Å²) in [5.74, 6) is -0.191. The number of carbonyl (C=O) groups excluding carboxylic acids is 2. The molecule has 10 heteroatoms. The van der Waals surface area contributed by atoms with Gasteiger partial charge in [0, 0.05) is 10.4 Å². The number of carbonyl (C=O) groups is 3. The van der Waals surface area contributed by atoms with E-state index < -0.39 is 24.0 Å². The number of aliphatic hydroxyl groups excluding tert-OH is 1. The van der Waals surface area contributed by atoms with Gasteiger partial charge < -0.3 is 34.6 Å². The van der Waals surface area contributed by atoms with Gasteiger partial charge in [0.1, 0.15) is 28.7 Å². The highest BCUT2D eigenvalue weighted by atomic mass is 16.5. The number of aryl methyl sites for hydroxylation is 2. The van der Waals surface area contributed by atoms with Gasteiger partial charge in [0.25, 0.3) is 0 Å². The Labute approximate surface area is 281 Å². The standard InChI is InChI=1S/C24H16O5.C9H10O3.C6H6O2/c1-13-3-5-14(6-4-13)21-17-11-20-18(12-19(17)28-23(21)25)22(24(26)29-20)15-7-9-16(27-2)10-8-15;1-6-2-4-7(5-3-6)8(10)9(11)12;7-5-1-2-6(8)4-3-5/h3-12H,1-2H3;2-5,8,10H,1H3,(H,11,12);1-4,7-8H. The number of phenolic OH excluding ortho intramolecular Hbond substituents is 2. The SMILES string of the molecule is COc1ccc(C2=c3cc4c(cc3OC2=O)=C(c2ccc(C)cc2)C(=O)O4)cc1.Cc1ccc(C(O)C(=O)O)cc1.Oc1ccc(O)cc1. The maximum atomic E-state index is 12.6. The number of ether oxygens (including phenoxy) is 3. The molecule has 5 aromatic carbocycles. The third kappa shape index (κ3) is 7.78. The molecule has 0 saturated heterocycles. The Morgan fingerprint density at radius 3 is 1.41 bits per heavy atom. The van der Waals surface area contributed by atoms with Gasteiger partial charge in [-0.15, -0.1) is 0 Å². The van der Waals surface area contributed by atoms with Crippen LogP contribution in [0.1, 0.15) is 33.9 Å². The topological polar surface area (TPSA) is 160 Å². The van der Waals surface area contributed by atoms with Crippen molar-refractivity contribution < 1.29 is 49.0 Å². The van der Waals surface area contributed by atoms with Crippen molar-refractivity contribution in [1.82, 2.24) is 0 Å². The molecule has 2 aliphatic heterocycles. The molecule has 49 heavy (non-hydrogen) atoms. The second kappa shape index (κ2) is 14.6. The lowest BCUT2D eigenvalue weighted by Crippen LogP contribution is -2.11. The molecule has 10 nitrogen and oxygen atoms in total. The summed E-state index contributed by atoms with van der Waals surface area (Å²) in [6, 6.07) is 30.7. The predicted octanol–water partition coefficient (Wildman–Crippen LogP) is 4.45. The van der Waals surface area contributed by atoms with E-state index in [0.29, 0.717) is 50.0 Å². The van der Waals surface area contributed by atoms with E-state index in [9.17, 15) is 14.4 Å². The summed E-state index contributed by atoms with van der Waals surface area (Å²) < 4.78 is 16.2. The molecule has 4 N–H and O–H groups in total. The van der Waals surface area contributed by atoms with Gasteiger partial charge in [-0.3, -0.25) is 0 Å².